The summed E-state index contributed by atoms with van der Waals surface area (Å²) in [5.74, 6) is -1.19. The van der Waals surface area contributed by atoms with Crippen LogP contribution in [0.2, 0.25) is 0 Å². The molecule has 0 aromatic heterocycles. The van der Waals surface area contributed by atoms with Gasteiger partial charge in [-0.2, -0.15) is 0 Å². The highest BCUT2D eigenvalue weighted by Gasteiger charge is 2.44. The molecule has 1 aromatic rings. The minimum absolute atomic E-state index is 0.0636. The molecule has 1 spiro atoms. The number of halogens is 1. The molecule has 2 aliphatic rings. The number of carbonyl (C=O) groups excluding carboxylic acids is 1. The van der Waals surface area contributed by atoms with E-state index < -0.39 is 17.8 Å². The highest BCUT2D eigenvalue weighted by Crippen LogP contribution is 2.39. The lowest BCUT2D eigenvalue weighted by atomic mass is 9.76. The van der Waals surface area contributed by atoms with Gasteiger partial charge in [-0.15, -0.1) is 0 Å². The zero-order valence-electron chi connectivity index (χ0n) is 13.5. The molecule has 24 heavy (non-hydrogen) atoms. The Morgan fingerprint density at radius 1 is 1.38 bits per heavy atom. The molecular formula is C17H21FN2O4. The highest BCUT2D eigenvalue weighted by atomic mass is 19.1. The Bertz CT molecular complexity index is 656. The zero-order chi connectivity index (χ0) is 17.3. The predicted molar refractivity (Wildman–Crippen MR) is 84.6 cm³/mol. The first-order valence-corrected chi connectivity index (χ1v) is 8.03. The average Bonchev–Trinajstić information content (AvgIpc) is 2.99. The van der Waals surface area contributed by atoms with Crippen molar-refractivity contribution in [3.63, 3.8) is 0 Å². The molecule has 6 nitrogen and oxygen atoms in total. The number of hydrogen-bond donors (Lipinski definition) is 2. The lowest BCUT2D eigenvalue weighted by molar-refractivity contribution is -0.139. The number of likely N-dealkylation sites (tertiary alicyclic amines) is 1. The minimum atomic E-state index is -0.824. The standard InChI is InChI=1S/C17H21FN2O4/c1-24-14-3-2-11(18)8-12(14)15(21)20-6-4-17(5-7-20)9-13(16(22)23)19-10-17/h2-3,8,13,19H,4-7,9-10H2,1H3,(H,22,23). The molecule has 0 saturated carbocycles. The van der Waals surface area contributed by atoms with Crippen molar-refractivity contribution >= 4 is 11.9 Å². The van der Waals surface area contributed by atoms with Crippen molar-refractivity contribution in [1.29, 1.82) is 0 Å². The van der Waals surface area contributed by atoms with Gasteiger partial charge in [0.1, 0.15) is 17.6 Å². The fourth-order valence-electron chi connectivity index (χ4n) is 3.67. The molecule has 1 atom stereocenters. The fourth-order valence-corrected chi connectivity index (χ4v) is 3.67. The van der Waals surface area contributed by atoms with E-state index in [1.54, 1.807) is 4.90 Å². The van der Waals surface area contributed by atoms with Gasteiger partial charge >= 0.3 is 5.97 Å². The molecule has 3 rings (SSSR count). The lowest BCUT2D eigenvalue weighted by Crippen LogP contribution is -2.44. The quantitative estimate of drug-likeness (QED) is 0.875. The minimum Gasteiger partial charge on any atom is -0.496 e. The van der Waals surface area contributed by atoms with Gasteiger partial charge in [0.15, 0.2) is 0 Å². The van der Waals surface area contributed by atoms with Gasteiger partial charge in [-0.05, 0) is 42.9 Å². The topological polar surface area (TPSA) is 78.9 Å². The molecular weight excluding hydrogens is 315 g/mol. The maximum Gasteiger partial charge on any atom is 0.320 e. The maximum atomic E-state index is 13.5. The maximum absolute atomic E-state index is 13.5. The monoisotopic (exact) mass is 336 g/mol. The Kier molecular flexibility index (Phi) is 4.45. The van der Waals surface area contributed by atoms with Crippen molar-refractivity contribution in [3.8, 4) is 5.75 Å². The number of nitrogens with zero attached hydrogens (tertiary/aromatic N) is 1. The van der Waals surface area contributed by atoms with Crippen molar-refractivity contribution in [2.24, 2.45) is 5.41 Å². The van der Waals surface area contributed by atoms with E-state index in [1.165, 1.54) is 25.3 Å². The largest absolute Gasteiger partial charge is 0.496 e. The lowest BCUT2D eigenvalue weighted by Gasteiger charge is -2.39. The third kappa shape index (κ3) is 3.08. The van der Waals surface area contributed by atoms with Crippen LogP contribution >= 0.6 is 0 Å². The molecule has 2 fully saturated rings. The number of carboxylic acids is 1. The van der Waals surface area contributed by atoms with E-state index >= 15 is 0 Å². The van der Waals surface area contributed by atoms with Crippen LogP contribution in [0.3, 0.4) is 0 Å². The predicted octanol–water partition coefficient (Wildman–Crippen LogP) is 1.50. The van der Waals surface area contributed by atoms with Crippen molar-refractivity contribution in [1.82, 2.24) is 10.2 Å². The Morgan fingerprint density at radius 3 is 2.67 bits per heavy atom. The fraction of sp³-hybridized carbons (Fsp3) is 0.529. The summed E-state index contributed by atoms with van der Waals surface area (Å²) in [7, 11) is 1.45. The van der Waals surface area contributed by atoms with Crippen LogP contribution in [-0.4, -0.2) is 54.7 Å². The molecule has 1 aromatic carbocycles. The van der Waals surface area contributed by atoms with Gasteiger partial charge in [-0.25, -0.2) is 4.39 Å². The number of methoxy groups -OCH3 is 1. The summed E-state index contributed by atoms with van der Waals surface area (Å²) in [5.41, 5.74) is 0.160. The number of nitrogens with one attached hydrogen (secondary N) is 1. The summed E-state index contributed by atoms with van der Waals surface area (Å²) in [6, 6.07) is 3.41. The summed E-state index contributed by atoms with van der Waals surface area (Å²) in [6.45, 7) is 1.73. The second kappa shape index (κ2) is 6.39. The molecule has 0 radical (unpaired) electrons. The van der Waals surface area contributed by atoms with E-state index in [4.69, 9.17) is 9.84 Å². The number of carbonyl (C=O) groups is 2. The Balaban J connectivity index is 1.68. The molecule has 2 N–H and O–H groups in total. The number of rotatable bonds is 3. The molecule has 0 bridgehead atoms. The summed E-state index contributed by atoms with van der Waals surface area (Å²) in [5, 5.41) is 12.2. The number of piperidine rings is 1. The SMILES string of the molecule is COc1ccc(F)cc1C(=O)N1CCC2(CC1)CNC(C(=O)O)C2. The van der Waals surface area contributed by atoms with Crippen LogP contribution in [0.25, 0.3) is 0 Å². The third-order valence-corrected chi connectivity index (χ3v) is 5.16. The molecule has 0 aliphatic carbocycles. The molecule has 7 heteroatoms. The van der Waals surface area contributed by atoms with Crippen molar-refractivity contribution < 1.29 is 23.8 Å². The normalized spacial score (nSPS) is 22.6. The molecule has 1 unspecified atom stereocenters. The number of ether oxygens (including phenoxy) is 1. The molecule has 2 heterocycles. The van der Waals surface area contributed by atoms with E-state index in [0.29, 0.717) is 31.8 Å². The molecule has 2 saturated heterocycles. The van der Waals surface area contributed by atoms with Gasteiger partial charge in [0.05, 0.1) is 12.7 Å². The Morgan fingerprint density at radius 2 is 2.08 bits per heavy atom. The first-order chi connectivity index (χ1) is 11.4. The molecule has 1 amide bonds. The van der Waals surface area contributed by atoms with E-state index in [2.05, 4.69) is 5.32 Å². The van der Waals surface area contributed by atoms with Crippen LogP contribution in [0.1, 0.15) is 29.6 Å². The first-order valence-electron chi connectivity index (χ1n) is 8.03. The summed E-state index contributed by atoms with van der Waals surface area (Å²) in [6.07, 6.45) is 2.08. The number of benzene rings is 1. The van der Waals surface area contributed by atoms with Crippen molar-refractivity contribution in [3.05, 3.63) is 29.6 Å². The second-order valence-corrected chi connectivity index (χ2v) is 6.61. The smallest absolute Gasteiger partial charge is 0.320 e. The van der Waals surface area contributed by atoms with Gasteiger partial charge in [0.2, 0.25) is 0 Å². The molecule has 130 valence electrons. The zero-order valence-corrected chi connectivity index (χ0v) is 13.5. The average molecular weight is 336 g/mol. The van der Waals surface area contributed by atoms with E-state index in [1.807, 2.05) is 0 Å². The Hall–Kier alpha value is -2.15. The first kappa shape index (κ1) is 16.7. The van der Waals surface area contributed by atoms with Crippen LogP contribution in [0.4, 0.5) is 4.39 Å². The van der Waals surface area contributed by atoms with Gasteiger partial charge < -0.3 is 20.1 Å². The van der Waals surface area contributed by atoms with Crippen LogP contribution < -0.4 is 10.1 Å². The van der Waals surface area contributed by atoms with Crippen molar-refractivity contribution in [2.45, 2.75) is 25.3 Å². The number of aliphatic carboxylic acids is 1. The van der Waals surface area contributed by atoms with Gasteiger partial charge in [0.25, 0.3) is 5.91 Å². The van der Waals surface area contributed by atoms with Gasteiger partial charge in [-0.3, -0.25) is 9.59 Å². The summed E-state index contributed by atoms with van der Waals surface area (Å²) < 4.78 is 18.6. The molecule has 2 aliphatic heterocycles. The van der Waals surface area contributed by atoms with Gasteiger partial charge in [0, 0.05) is 19.6 Å². The highest BCUT2D eigenvalue weighted by molar-refractivity contribution is 5.97. The van der Waals surface area contributed by atoms with Crippen LogP contribution in [0, 0.1) is 11.2 Å². The Labute approximate surface area is 139 Å². The van der Waals surface area contributed by atoms with E-state index in [0.717, 1.165) is 12.8 Å². The second-order valence-electron chi connectivity index (χ2n) is 6.61. The van der Waals surface area contributed by atoms with Crippen LogP contribution in [-0.2, 0) is 4.79 Å². The van der Waals surface area contributed by atoms with E-state index in [9.17, 15) is 14.0 Å². The van der Waals surface area contributed by atoms with Crippen LogP contribution in [0.5, 0.6) is 5.75 Å². The van der Waals surface area contributed by atoms with Gasteiger partial charge in [-0.1, -0.05) is 0 Å². The van der Waals surface area contributed by atoms with Crippen molar-refractivity contribution in [2.75, 3.05) is 26.7 Å². The van der Waals surface area contributed by atoms with E-state index in [-0.39, 0.29) is 16.9 Å². The number of carboxylic acid groups (broad SMARTS) is 1. The summed E-state index contributed by atoms with van der Waals surface area (Å²) in [4.78, 5) is 25.5. The number of amides is 1. The third-order valence-electron chi connectivity index (χ3n) is 5.16. The van der Waals surface area contributed by atoms with Crippen LogP contribution in [0.15, 0.2) is 18.2 Å². The number of hydrogen-bond acceptors (Lipinski definition) is 4. The summed E-state index contributed by atoms with van der Waals surface area (Å²) >= 11 is 0.